The van der Waals surface area contributed by atoms with Crippen molar-refractivity contribution in [3.8, 4) is 0 Å². The fourth-order valence-corrected chi connectivity index (χ4v) is 6.77. The SMILES string of the molecule is CC(C)CP(CC(C)C)c1cc2ccccc2[cH-]1.Cc1cc2ccccc2[cH-]1.[Cl-].[Cl-].[Zr+4]. The Bertz CT molecular complexity index is 940. The molecule has 164 valence electrons. The van der Waals surface area contributed by atoms with Crippen molar-refractivity contribution < 1.29 is 51.0 Å². The van der Waals surface area contributed by atoms with E-state index in [0.717, 1.165) is 11.8 Å². The molecule has 4 aromatic carbocycles. The molecule has 0 saturated carbocycles. The van der Waals surface area contributed by atoms with E-state index in [1.807, 2.05) is 0 Å². The summed E-state index contributed by atoms with van der Waals surface area (Å²) in [6.07, 6.45) is 2.73. The fourth-order valence-electron chi connectivity index (χ4n) is 3.79. The number of rotatable bonds is 5. The summed E-state index contributed by atoms with van der Waals surface area (Å²) in [4.78, 5) is 0. The maximum atomic E-state index is 2.42. The number of aryl methyl sites for hydroxylation is 1. The number of hydrogen-bond donors (Lipinski definition) is 0. The van der Waals surface area contributed by atoms with E-state index in [9.17, 15) is 0 Å². The summed E-state index contributed by atoms with van der Waals surface area (Å²) in [5.41, 5.74) is 1.35. The topological polar surface area (TPSA) is 0 Å². The van der Waals surface area contributed by atoms with Gasteiger partial charge in [-0.15, -0.1) is 80.9 Å². The van der Waals surface area contributed by atoms with Crippen LogP contribution in [-0.4, -0.2) is 12.3 Å². The van der Waals surface area contributed by atoms with Crippen molar-refractivity contribution in [3.63, 3.8) is 0 Å². The van der Waals surface area contributed by atoms with Crippen LogP contribution in [0.4, 0.5) is 0 Å². The molecule has 0 N–H and O–H groups in total. The summed E-state index contributed by atoms with van der Waals surface area (Å²) < 4.78 is 0. The Morgan fingerprint density at radius 3 is 1.61 bits per heavy atom. The third-order valence-corrected chi connectivity index (χ3v) is 8.23. The summed E-state index contributed by atoms with van der Waals surface area (Å²) in [7, 11) is 0.0185. The van der Waals surface area contributed by atoms with E-state index in [1.165, 1.54) is 39.4 Å². The molecule has 0 aliphatic rings. The van der Waals surface area contributed by atoms with Gasteiger partial charge in [0.2, 0.25) is 0 Å². The van der Waals surface area contributed by atoms with Gasteiger partial charge in [0.15, 0.2) is 0 Å². The van der Waals surface area contributed by atoms with E-state index in [1.54, 1.807) is 5.30 Å². The second kappa shape index (κ2) is 14.7. The average Bonchev–Trinajstić information content (AvgIpc) is 3.23. The van der Waals surface area contributed by atoms with Gasteiger partial charge in [0.05, 0.1) is 0 Å². The van der Waals surface area contributed by atoms with Gasteiger partial charge in [0.25, 0.3) is 0 Å². The Labute approximate surface area is 221 Å². The van der Waals surface area contributed by atoms with Crippen molar-refractivity contribution in [1.82, 2.24) is 0 Å². The predicted octanol–water partition coefficient (Wildman–Crippen LogP) is 1.85. The molecule has 0 amide bonds. The van der Waals surface area contributed by atoms with Gasteiger partial charge in [-0.3, -0.25) is 0 Å². The third-order valence-electron chi connectivity index (χ3n) is 4.90. The van der Waals surface area contributed by atoms with Crippen molar-refractivity contribution in [1.29, 1.82) is 0 Å². The van der Waals surface area contributed by atoms with Crippen LogP contribution in [0, 0.1) is 18.8 Å². The van der Waals surface area contributed by atoms with Crippen molar-refractivity contribution in [2.75, 3.05) is 12.3 Å². The maximum absolute atomic E-state index is 2.42. The summed E-state index contributed by atoms with van der Waals surface area (Å²) in [6, 6.07) is 26.4. The first-order valence-electron chi connectivity index (χ1n) is 10.4. The minimum absolute atomic E-state index is 0. The summed E-state index contributed by atoms with van der Waals surface area (Å²) in [6.45, 7) is 11.5. The maximum Gasteiger partial charge on any atom is 4.00 e. The van der Waals surface area contributed by atoms with Crippen LogP contribution in [0.15, 0.2) is 72.8 Å². The number of benzene rings is 2. The standard InChI is InChI=1S/C17H24P.C10H9.2ClH.Zr/c1-13(2)11-18(12-14(3)4)17-9-15-7-5-6-8-16(15)10-17;1-8-6-9-4-2-3-5-10(9)7-8;;;/h5-10,13-14H,11-12H2,1-4H3;2-7H,1H3;2*1H;/q2*-1;;;+4/p-2. The molecule has 4 heteroatoms. The monoisotopic (exact) mass is 548 g/mol. The zero-order valence-electron chi connectivity index (χ0n) is 19.2. The first kappa shape index (κ1) is 30.6. The Morgan fingerprint density at radius 2 is 1.16 bits per heavy atom. The van der Waals surface area contributed by atoms with Crippen LogP contribution >= 0.6 is 7.92 Å². The molecule has 0 unspecified atom stereocenters. The average molecular weight is 551 g/mol. The predicted molar refractivity (Wildman–Crippen MR) is 130 cm³/mol. The quantitative estimate of drug-likeness (QED) is 0.263. The summed E-state index contributed by atoms with van der Waals surface area (Å²) >= 11 is 0. The Hall–Kier alpha value is -0.447. The third kappa shape index (κ3) is 9.14. The van der Waals surface area contributed by atoms with Crippen LogP contribution in [0.3, 0.4) is 0 Å². The Kier molecular flexibility index (Phi) is 14.4. The molecule has 0 nitrogen and oxygen atoms in total. The molecule has 0 aromatic heterocycles. The molecular weight excluding hydrogens is 517 g/mol. The molecule has 0 radical (unpaired) electrons. The molecule has 0 bridgehead atoms. The molecule has 0 aliphatic heterocycles. The summed E-state index contributed by atoms with van der Waals surface area (Å²) in [5, 5.41) is 7.12. The van der Waals surface area contributed by atoms with E-state index < -0.39 is 0 Å². The van der Waals surface area contributed by atoms with Crippen LogP contribution in [-0.2, 0) is 26.2 Å². The zero-order valence-corrected chi connectivity index (χ0v) is 24.1. The van der Waals surface area contributed by atoms with Crippen LogP contribution in [0.5, 0.6) is 0 Å². The molecule has 31 heavy (non-hydrogen) atoms. The Balaban J connectivity index is 0.000000596. The van der Waals surface area contributed by atoms with Crippen molar-refractivity contribution in [2.24, 2.45) is 11.8 Å². The number of halogens is 2. The molecule has 0 atom stereocenters. The first-order chi connectivity index (χ1) is 13.4. The van der Waals surface area contributed by atoms with Gasteiger partial charge in [-0.2, -0.15) is 12.1 Å². The second-order valence-corrected chi connectivity index (χ2v) is 11.0. The van der Waals surface area contributed by atoms with Gasteiger partial charge in [-0.25, -0.2) is 0 Å². The number of fused-ring (bicyclic) bond motifs is 2. The van der Waals surface area contributed by atoms with Gasteiger partial charge < -0.3 is 24.8 Å². The normalized spacial score (nSPS) is 10.5. The molecule has 0 heterocycles. The van der Waals surface area contributed by atoms with E-state index >= 15 is 0 Å². The number of hydrogen-bond acceptors (Lipinski definition) is 0. The molecule has 0 aliphatic carbocycles. The van der Waals surface area contributed by atoms with E-state index in [-0.39, 0.29) is 58.9 Å². The van der Waals surface area contributed by atoms with Crippen LogP contribution in [0.25, 0.3) is 21.5 Å². The molecular formula is C27H33Cl2PZr. The molecule has 0 spiro atoms. The van der Waals surface area contributed by atoms with Gasteiger partial charge >= 0.3 is 26.2 Å². The second-order valence-electron chi connectivity index (χ2n) is 8.70. The van der Waals surface area contributed by atoms with Crippen LogP contribution in [0.1, 0.15) is 33.3 Å². The minimum atomic E-state index is 0. The minimum Gasteiger partial charge on any atom is -1.00 e. The molecule has 0 saturated heterocycles. The molecule has 4 rings (SSSR count). The van der Waals surface area contributed by atoms with Crippen molar-refractivity contribution in [3.05, 3.63) is 78.4 Å². The van der Waals surface area contributed by atoms with Gasteiger partial charge in [0.1, 0.15) is 0 Å². The van der Waals surface area contributed by atoms with Crippen molar-refractivity contribution >= 4 is 34.8 Å². The Morgan fingerprint density at radius 1 is 0.710 bits per heavy atom. The van der Waals surface area contributed by atoms with E-state index in [4.69, 9.17) is 0 Å². The van der Waals surface area contributed by atoms with E-state index in [2.05, 4.69) is 107 Å². The van der Waals surface area contributed by atoms with Crippen LogP contribution in [0.2, 0.25) is 0 Å². The van der Waals surface area contributed by atoms with Gasteiger partial charge in [-0.1, -0.05) is 54.7 Å². The van der Waals surface area contributed by atoms with Crippen molar-refractivity contribution in [2.45, 2.75) is 34.6 Å². The smallest absolute Gasteiger partial charge is 1.00 e. The zero-order chi connectivity index (χ0) is 20.1. The van der Waals surface area contributed by atoms with Crippen LogP contribution < -0.4 is 30.1 Å². The largest absolute Gasteiger partial charge is 4.00 e. The van der Waals surface area contributed by atoms with Gasteiger partial charge in [0, 0.05) is 0 Å². The van der Waals surface area contributed by atoms with Gasteiger partial charge in [-0.05, 0) is 24.2 Å². The molecule has 4 aromatic rings. The fraction of sp³-hybridized carbons (Fsp3) is 0.333. The molecule has 0 fully saturated rings. The summed E-state index contributed by atoms with van der Waals surface area (Å²) in [5.74, 6) is 1.60. The first-order valence-corrected chi connectivity index (χ1v) is 12.2. The van der Waals surface area contributed by atoms with E-state index in [0.29, 0.717) is 0 Å².